The van der Waals surface area contributed by atoms with E-state index in [0.717, 1.165) is 0 Å². The summed E-state index contributed by atoms with van der Waals surface area (Å²) >= 11 is 12.7. The fraction of sp³-hybridized carbons (Fsp3) is 0.0833. The van der Waals surface area contributed by atoms with E-state index in [9.17, 15) is 9.59 Å². The van der Waals surface area contributed by atoms with Crippen molar-refractivity contribution in [1.82, 2.24) is 10.3 Å². The van der Waals surface area contributed by atoms with Crippen molar-refractivity contribution in [2.75, 3.05) is 5.32 Å². The van der Waals surface area contributed by atoms with E-state index in [-0.39, 0.29) is 16.5 Å². The molecule has 0 spiro atoms. The average molecular weight is 330 g/mol. The first-order valence-corrected chi connectivity index (χ1v) is 7.26. The highest BCUT2D eigenvalue weighted by Crippen LogP contribution is 2.17. The number of nitrogens with one attached hydrogen (secondary N) is 2. The summed E-state index contributed by atoms with van der Waals surface area (Å²) < 4.78 is 0. The number of carbonyl (C=O) groups is 2. The lowest BCUT2D eigenvalue weighted by molar-refractivity contribution is 0.0967. The van der Waals surface area contributed by atoms with Gasteiger partial charge in [0, 0.05) is 5.38 Å². The van der Waals surface area contributed by atoms with E-state index in [4.69, 9.17) is 23.2 Å². The number of imide groups is 1. The number of carbonyl (C=O) groups excluding carboxylic acids is 2. The van der Waals surface area contributed by atoms with Crippen molar-refractivity contribution in [3.8, 4) is 0 Å². The lowest BCUT2D eigenvalue weighted by atomic mass is 10.2. The molecule has 1 aromatic heterocycles. The second-order valence-electron chi connectivity index (χ2n) is 3.67. The van der Waals surface area contributed by atoms with E-state index in [1.807, 2.05) is 0 Å². The van der Waals surface area contributed by atoms with Crippen molar-refractivity contribution >= 4 is 51.6 Å². The minimum atomic E-state index is -0.676. The molecule has 0 aliphatic rings. The number of anilines is 1. The highest BCUT2D eigenvalue weighted by molar-refractivity contribution is 7.14. The highest BCUT2D eigenvalue weighted by Gasteiger charge is 2.14. The standard InChI is InChI=1S/C12H9Cl2N3O2S/c13-5-7-6-20-12(15-7)17-11(19)16-10(18)8-3-1-2-4-9(8)14/h1-4,6H,5H2,(H2,15,16,17,18,19). The van der Waals surface area contributed by atoms with Gasteiger partial charge in [0.05, 0.1) is 22.2 Å². The van der Waals surface area contributed by atoms with Gasteiger partial charge in [-0.2, -0.15) is 0 Å². The molecule has 0 saturated carbocycles. The third-order valence-corrected chi connectivity index (χ3v) is 3.66. The Labute approximate surface area is 128 Å². The number of halogens is 2. The van der Waals surface area contributed by atoms with Crippen LogP contribution in [0.2, 0.25) is 5.02 Å². The predicted octanol–water partition coefficient (Wildman–Crippen LogP) is 3.50. The van der Waals surface area contributed by atoms with Crippen LogP contribution < -0.4 is 10.6 Å². The van der Waals surface area contributed by atoms with Crippen molar-refractivity contribution in [1.29, 1.82) is 0 Å². The minimum absolute atomic E-state index is 0.227. The normalized spacial score (nSPS) is 10.1. The van der Waals surface area contributed by atoms with Crippen molar-refractivity contribution in [2.45, 2.75) is 5.88 Å². The zero-order valence-corrected chi connectivity index (χ0v) is 12.4. The summed E-state index contributed by atoms with van der Waals surface area (Å²) in [6.45, 7) is 0. The Morgan fingerprint density at radius 2 is 2.05 bits per heavy atom. The first-order chi connectivity index (χ1) is 9.60. The molecule has 0 unspecified atom stereocenters. The van der Waals surface area contributed by atoms with Crippen LogP contribution in [-0.4, -0.2) is 16.9 Å². The summed E-state index contributed by atoms with van der Waals surface area (Å²) in [4.78, 5) is 27.5. The van der Waals surface area contributed by atoms with Crippen LogP contribution in [0.3, 0.4) is 0 Å². The molecular formula is C12H9Cl2N3O2S. The van der Waals surface area contributed by atoms with Crippen LogP contribution in [0.5, 0.6) is 0 Å². The Morgan fingerprint density at radius 3 is 2.70 bits per heavy atom. The van der Waals surface area contributed by atoms with Gasteiger partial charge in [-0.1, -0.05) is 23.7 Å². The largest absolute Gasteiger partial charge is 0.327 e. The van der Waals surface area contributed by atoms with Crippen LogP contribution in [0.25, 0.3) is 0 Å². The average Bonchev–Trinajstić information content (AvgIpc) is 2.86. The molecule has 3 amide bonds. The molecule has 2 rings (SSSR count). The second-order valence-corrected chi connectivity index (χ2v) is 5.20. The van der Waals surface area contributed by atoms with Crippen molar-refractivity contribution < 1.29 is 9.59 Å². The van der Waals surface area contributed by atoms with Gasteiger partial charge < -0.3 is 0 Å². The van der Waals surface area contributed by atoms with E-state index >= 15 is 0 Å². The number of amides is 3. The molecule has 0 atom stereocenters. The van der Waals surface area contributed by atoms with Gasteiger partial charge in [0.1, 0.15) is 0 Å². The second kappa shape index (κ2) is 6.69. The van der Waals surface area contributed by atoms with Gasteiger partial charge in [0.2, 0.25) is 0 Å². The number of urea groups is 1. The summed E-state index contributed by atoms with van der Waals surface area (Å²) in [6.07, 6.45) is 0. The van der Waals surface area contributed by atoms with Crippen LogP contribution in [0.4, 0.5) is 9.93 Å². The molecule has 8 heteroatoms. The molecule has 0 fully saturated rings. The minimum Gasteiger partial charge on any atom is -0.283 e. The fourth-order valence-corrected chi connectivity index (χ4v) is 2.53. The number of rotatable bonds is 3. The number of benzene rings is 1. The molecule has 1 aromatic carbocycles. The Kier molecular flexibility index (Phi) is 4.94. The van der Waals surface area contributed by atoms with Crippen molar-refractivity contribution in [2.24, 2.45) is 0 Å². The number of aromatic nitrogens is 1. The zero-order chi connectivity index (χ0) is 14.5. The van der Waals surface area contributed by atoms with Crippen molar-refractivity contribution in [3.63, 3.8) is 0 Å². The molecule has 5 nitrogen and oxygen atoms in total. The van der Waals surface area contributed by atoms with E-state index in [2.05, 4.69) is 15.6 Å². The molecule has 20 heavy (non-hydrogen) atoms. The maximum absolute atomic E-state index is 11.8. The molecule has 0 aliphatic heterocycles. The number of hydrogen-bond acceptors (Lipinski definition) is 4. The summed E-state index contributed by atoms with van der Waals surface area (Å²) in [5, 5.41) is 6.99. The van der Waals surface area contributed by atoms with E-state index in [1.54, 1.807) is 23.6 Å². The van der Waals surface area contributed by atoms with Crippen LogP contribution >= 0.6 is 34.5 Å². The highest BCUT2D eigenvalue weighted by atomic mass is 35.5. The number of hydrogen-bond donors (Lipinski definition) is 2. The maximum atomic E-state index is 11.8. The predicted molar refractivity (Wildman–Crippen MR) is 79.6 cm³/mol. The molecule has 104 valence electrons. The summed E-state index contributed by atoms with van der Waals surface area (Å²) in [5.74, 6) is -0.319. The van der Waals surface area contributed by atoms with Crippen LogP contribution in [0.1, 0.15) is 16.1 Å². The Morgan fingerprint density at radius 1 is 1.30 bits per heavy atom. The van der Waals surface area contributed by atoms with Gasteiger partial charge in [-0.05, 0) is 12.1 Å². The van der Waals surface area contributed by atoms with Gasteiger partial charge in [0.15, 0.2) is 5.13 Å². The Balaban J connectivity index is 1.98. The molecule has 0 saturated heterocycles. The summed E-state index contributed by atoms with van der Waals surface area (Å²) in [7, 11) is 0. The third-order valence-electron chi connectivity index (χ3n) is 2.25. The van der Waals surface area contributed by atoms with Gasteiger partial charge in [0.25, 0.3) is 5.91 Å². The smallest absolute Gasteiger partial charge is 0.283 e. The van der Waals surface area contributed by atoms with Gasteiger partial charge in [-0.25, -0.2) is 9.78 Å². The third kappa shape index (κ3) is 3.69. The molecule has 0 radical (unpaired) electrons. The van der Waals surface area contributed by atoms with Gasteiger partial charge >= 0.3 is 6.03 Å². The Bertz CT molecular complexity index is 645. The molecule has 0 aliphatic carbocycles. The van der Waals surface area contributed by atoms with E-state index in [0.29, 0.717) is 10.8 Å². The SMILES string of the molecule is O=C(NC(=O)c1ccccc1Cl)Nc1nc(CCl)cs1. The zero-order valence-electron chi connectivity index (χ0n) is 10.0. The summed E-state index contributed by atoms with van der Waals surface area (Å²) in [6, 6.07) is 5.78. The molecule has 0 bridgehead atoms. The summed E-state index contributed by atoms with van der Waals surface area (Å²) in [5.41, 5.74) is 0.884. The number of thiazole rings is 1. The first-order valence-electron chi connectivity index (χ1n) is 5.47. The molecular weight excluding hydrogens is 321 g/mol. The monoisotopic (exact) mass is 329 g/mol. The first kappa shape index (κ1) is 14.8. The van der Waals surface area contributed by atoms with Crippen LogP contribution in [-0.2, 0) is 5.88 Å². The lowest BCUT2D eigenvalue weighted by Crippen LogP contribution is -2.34. The van der Waals surface area contributed by atoms with Gasteiger partial charge in [-0.15, -0.1) is 22.9 Å². The number of alkyl halides is 1. The number of nitrogens with zero attached hydrogens (tertiary/aromatic N) is 1. The lowest BCUT2D eigenvalue weighted by Gasteiger charge is -2.05. The fourth-order valence-electron chi connectivity index (χ4n) is 1.37. The maximum Gasteiger partial charge on any atom is 0.327 e. The van der Waals surface area contributed by atoms with Crippen LogP contribution in [0.15, 0.2) is 29.6 Å². The van der Waals surface area contributed by atoms with Crippen molar-refractivity contribution in [3.05, 3.63) is 45.9 Å². The van der Waals surface area contributed by atoms with E-state index < -0.39 is 11.9 Å². The molecule has 2 N–H and O–H groups in total. The Hall–Kier alpha value is -1.63. The molecule has 1 heterocycles. The quantitative estimate of drug-likeness (QED) is 0.846. The molecule has 2 aromatic rings. The van der Waals surface area contributed by atoms with E-state index in [1.165, 1.54) is 17.4 Å². The van der Waals surface area contributed by atoms with Gasteiger partial charge in [-0.3, -0.25) is 15.4 Å². The topological polar surface area (TPSA) is 71.1 Å². The van der Waals surface area contributed by atoms with Crippen LogP contribution in [0, 0.1) is 0 Å².